The monoisotopic (exact) mass is 197 g/mol. The maximum Gasteiger partial charge on any atom is 0.00447 e. The topological polar surface area (TPSA) is 36.1 Å². The number of hydrogen-bond acceptors (Lipinski definition) is 4. The lowest BCUT2D eigenvalue weighted by atomic mass is 10.8. The van der Waals surface area contributed by atoms with E-state index in [0.717, 1.165) is 19.6 Å². The smallest absolute Gasteiger partial charge is 0.00447 e. The molecule has 0 amide bonds. The average molecular weight is 197 g/mol. The summed E-state index contributed by atoms with van der Waals surface area (Å²) in [6.07, 6.45) is 0. The highest BCUT2D eigenvalue weighted by molar-refractivity contribution is 8.85. The quantitative estimate of drug-likeness (QED) is 0.382. The molecule has 0 fully saturated rings. The van der Waals surface area contributed by atoms with Gasteiger partial charge in [-0.15, -0.1) is 0 Å². The van der Waals surface area contributed by atoms with Crippen LogP contribution >= 0.6 is 21.3 Å². The minimum absolute atomic E-state index is 0.929. The van der Waals surface area contributed by atoms with Gasteiger partial charge in [0.2, 0.25) is 0 Å². The Bertz CT molecular complexity index is 82.8. The van der Waals surface area contributed by atoms with Gasteiger partial charge < -0.3 is 0 Å². The van der Waals surface area contributed by atoms with Gasteiger partial charge in [0, 0.05) is 19.6 Å². The Labute approximate surface area is 76.2 Å². The van der Waals surface area contributed by atoms with Crippen LogP contribution in [0.3, 0.4) is 0 Å². The van der Waals surface area contributed by atoms with Crippen molar-refractivity contribution in [1.82, 2.24) is 14.2 Å². The summed E-state index contributed by atoms with van der Waals surface area (Å²) >= 11 is 4.51. The molecule has 0 atom stereocenters. The van der Waals surface area contributed by atoms with E-state index in [1.807, 2.05) is 0 Å². The predicted molar refractivity (Wildman–Crippen MR) is 57.6 cm³/mol. The first-order valence-electron chi connectivity index (χ1n) is 3.98. The fraction of sp³-hybridized carbons (Fsp3) is 1.00. The van der Waals surface area contributed by atoms with E-state index in [1.54, 1.807) is 0 Å². The molecule has 3 N–H and O–H groups in total. The van der Waals surface area contributed by atoms with Gasteiger partial charge in [-0.1, -0.05) is 32.4 Å². The molecular weight excluding hydrogens is 178 g/mol. The molecule has 0 aromatic heterocycles. The molecule has 0 rings (SSSR count). The Hall–Kier alpha value is 0.580. The highest BCUT2D eigenvalue weighted by atomic mass is 33.1. The third-order valence-corrected chi connectivity index (χ3v) is 4.34. The standard InChI is InChI=1S/C6H19N3S2/c1-4-7-11(10,8-5-2)9-6-3/h7-10H,4-6H2,1-3H3. The molecule has 3 nitrogen and oxygen atoms in total. The second-order valence-corrected chi connectivity index (χ2v) is 5.74. The van der Waals surface area contributed by atoms with Crippen LogP contribution in [0.15, 0.2) is 0 Å². The number of hydrogen-bond donors (Lipinski definition) is 4. The molecule has 0 aromatic rings. The van der Waals surface area contributed by atoms with Crippen molar-refractivity contribution in [1.29, 1.82) is 0 Å². The van der Waals surface area contributed by atoms with Crippen molar-refractivity contribution in [2.24, 2.45) is 0 Å². The molecule has 0 spiro atoms. The molecular formula is C6H19N3S2. The molecule has 0 aromatic carbocycles. The number of thiol groups is 1. The lowest BCUT2D eigenvalue weighted by Gasteiger charge is -2.36. The van der Waals surface area contributed by atoms with Crippen LogP contribution in [0.1, 0.15) is 20.8 Å². The Morgan fingerprint density at radius 1 is 0.909 bits per heavy atom. The summed E-state index contributed by atoms with van der Waals surface area (Å²) in [6.45, 7) is 9.02. The highest BCUT2D eigenvalue weighted by Gasteiger charge is 2.13. The summed E-state index contributed by atoms with van der Waals surface area (Å²) in [4.78, 5) is 0. The third kappa shape index (κ3) is 4.92. The highest BCUT2D eigenvalue weighted by Crippen LogP contribution is 2.38. The molecule has 0 aliphatic rings. The van der Waals surface area contributed by atoms with Crippen molar-refractivity contribution in [2.75, 3.05) is 19.6 Å². The largest absolute Gasteiger partial charge is 0.251 e. The molecule has 11 heavy (non-hydrogen) atoms. The second kappa shape index (κ2) is 6.14. The number of rotatable bonds is 6. The van der Waals surface area contributed by atoms with Crippen LogP contribution in [0.25, 0.3) is 0 Å². The first kappa shape index (κ1) is 11.6. The van der Waals surface area contributed by atoms with Crippen molar-refractivity contribution < 1.29 is 0 Å². The van der Waals surface area contributed by atoms with Crippen LogP contribution in [0, 0.1) is 0 Å². The van der Waals surface area contributed by atoms with Gasteiger partial charge in [0.05, 0.1) is 0 Å². The molecule has 0 saturated heterocycles. The van der Waals surface area contributed by atoms with Crippen LogP contribution < -0.4 is 14.2 Å². The zero-order valence-corrected chi connectivity index (χ0v) is 9.19. The van der Waals surface area contributed by atoms with E-state index in [4.69, 9.17) is 0 Å². The Kier molecular flexibility index (Phi) is 6.46. The van der Waals surface area contributed by atoms with Gasteiger partial charge in [0.15, 0.2) is 0 Å². The van der Waals surface area contributed by atoms with Crippen molar-refractivity contribution in [2.45, 2.75) is 20.8 Å². The molecule has 0 bridgehead atoms. The molecule has 0 heterocycles. The Balaban J connectivity index is 3.79. The van der Waals surface area contributed by atoms with E-state index < -0.39 is 9.62 Å². The van der Waals surface area contributed by atoms with E-state index in [9.17, 15) is 0 Å². The van der Waals surface area contributed by atoms with Crippen molar-refractivity contribution in [3.8, 4) is 0 Å². The van der Waals surface area contributed by atoms with E-state index in [1.165, 1.54) is 0 Å². The molecule has 0 aliphatic heterocycles. The van der Waals surface area contributed by atoms with Gasteiger partial charge in [0.1, 0.15) is 0 Å². The van der Waals surface area contributed by atoms with Gasteiger partial charge in [-0.2, -0.15) is 0 Å². The molecule has 70 valence electrons. The molecule has 0 unspecified atom stereocenters. The van der Waals surface area contributed by atoms with E-state index in [-0.39, 0.29) is 0 Å². The maximum atomic E-state index is 4.51. The Morgan fingerprint density at radius 2 is 1.18 bits per heavy atom. The second-order valence-electron chi connectivity index (χ2n) is 2.07. The fourth-order valence-electron chi connectivity index (χ4n) is 0.780. The van der Waals surface area contributed by atoms with E-state index in [0.29, 0.717) is 0 Å². The van der Waals surface area contributed by atoms with Crippen LogP contribution in [0.5, 0.6) is 0 Å². The number of nitrogens with one attached hydrogen (secondary N) is 3. The fourth-order valence-corrected chi connectivity index (χ4v) is 3.50. The van der Waals surface area contributed by atoms with Gasteiger partial charge in [0.25, 0.3) is 0 Å². The first-order valence-corrected chi connectivity index (χ1v) is 6.66. The molecule has 0 radical (unpaired) electrons. The van der Waals surface area contributed by atoms with Gasteiger partial charge in [-0.3, -0.25) is 14.2 Å². The normalized spacial score (nSPS) is 13.5. The van der Waals surface area contributed by atoms with Crippen molar-refractivity contribution in [3.63, 3.8) is 0 Å². The maximum absolute atomic E-state index is 4.51. The molecule has 0 saturated carbocycles. The van der Waals surface area contributed by atoms with Gasteiger partial charge in [-0.25, -0.2) is 0 Å². The van der Waals surface area contributed by atoms with E-state index in [2.05, 4.69) is 46.6 Å². The van der Waals surface area contributed by atoms with Crippen LogP contribution in [-0.4, -0.2) is 19.6 Å². The lowest BCUT2D eigenvalue weighted by Crippen LogP contribution is -2.38. The van der Waals surface area contributed by atoms with Gasteiger partial charge >= 0.3 is 0 Å². The average Bonchev–Trinajstić information content (AvgIpc) is 1.88. The minimum atomic E-state index is -1.24. The summed E-state index contributed by atoms with van der Waals surface area (Å²) in [5, 5.41) is 0. The van der Waals surface area contributed by atoms with Crippen LogP contribution in [0.4, 0.5) is 0 Å². The first-order chi connectivity index (χ1) is 5.18. The SMILES string of the molecule is CCNS(S)(NCC)NCC. The minimum Gasteiger partial charge on any atom is -0.251 e. The third-order valence-electron chi connectivity index (χ3n) is 1.06. The summed E-state index contributed by atoms with van der Waals surface area (Å²) in [7, 11) is -1.24. The zero-order valence-electron chi connectivity index (χ0n) is 7.48. The van der Waals surface area contributed by atoms with Crippen molar-refractivity contribution >= 4 is 21.3 Å². The molecule has 5 heteroatoms. The lowest BCUT2D eigenvalue weighted by molar-refractivity contribution is 0.902. The summed E-state index contributed by atoms with van der Waals surface area (Å²) in [5.41, 5.74) is 0. The van der Waals surface area contributed by atoms with Crippen LogP contribution in [0.2, 0.25) is 0 Å². The van der Waals surface area contributed by atoms with Crippen LogP contribution in [-0.2, 0) is 0 Å². The summed E-state index contributed by atoms with van der Waals surface area (Å²) < 4.78 is 9.86. The molecule has 0 aliphatic carbocycles. The summed E-state index contributed by atoms with van der Waals surface area (Å²) in [6, 6.07) is 0. The van der Waals surface area contributed by atoms with Gasteiger partial charge in [-0.05, 0) is 9.62 Å². The predicted octanol–water partition coefficient (Wildman–Crippen LogP) is 1.21. The zero-order chi connectivity index (χ0) is 8.74. The Morgan fingerprint density at radius 3 is 1.36 bits per heavy atom. The summed E-state index contributed by atoms with van der Waals surface area (Å²) in [5.74, 6) is 0. The van der Waals surface area contributed by atoms with E-state index >= 15 is 0 Å². The van der Waals surface area contributed by atoms with Crippen molar-refractivity contribution in [3.05, 3.63) is 0 Å².